The van der Waals surface area contributed by atoms with Gasteiger partial charge in [-0.3, -0.25) is 9.48 Å². The molecule has 2 rings (SSSR count). The van der Waals surface area contributed by atoms with E-state index in [9.17, 15) is 4.79 Å². The molecule has 0 aliphatic carbocycles. The van der Waals surface area contributed by atoms with E-state index in [-0.39, 0.29) is 11.9 Å². The molecule has 0 unspecified atom stereocenters. The molecule has 0 aromatic carbocycles. The van der Waals surface area contributed by atoms with Gasteiger partial charge >= 0.3 is 0 Å². The number of thiophene rings is 1. The first-order valence-corrected chi connectivity index (χ1v) is 6.25. The van der Waals surface area contributed by atoms with Crippen LogP contribution in [0.5, 0.6) is 0 Å². The van der Waals surface area contributed by atoms with E-state index in [1.165, 1.54) is 6.33 Å². The summed E-state index contributed by atoms with van der Waals surface area (Å²) in [5, 5.41) is 10.8. The Bertz CT molecular complexity index is 491. The zero-order valence-corrected chi connectivity index (χ0v) is 10.6. The van der Waals surface area contributed by atoms with E-state index in [1.807, 2.05) is 30.8 Å². The quantitative estimate of drug-likeness (QED) is 0.889. The Morgan fingerprint density at radius 1 is 1.65 bits per heavy atom. The van der Waals surface area contributed by atoms with Crippen molar-refractivity contribution in [3.63, 3.8) is 0 Å². The topological polar surface area (TPSA) is 59.8 Å². The number of carbonyl (C=O) groups is 1. The van der Waals surface area contributed by atoms with Gasteiger partial charge in [0.15, 0.2) is 0 Å². The SMILES string of the molecule is C[C@@H](NC(=O)Cc1ccsc1)c1ncnn1C. The van der Waals surface area contributed by atoms with Crippen molar-refractivity contribution in [2.24, 2.45) is 7.05 Å². The first-order chi connectivity index (χ1) is 8.16. The highest BCUT2D eigenvalue weighted by Crippen LogP contribution is 2.09. The number of aryl methyl sites for hydroxylation is 1. The monoisotopic (exact) mass is 250 g/mol. The van der Waals surface area contributed by atoms with Gasteiger partial charge in [0, 0.05) is 7.05 Å². The van der Waals surface area contributed by atoms with E-state index < -0.39 is 0 Å². The lowest BCUT2D eigenvalue weighted by Crippen LogP contribution is -2.29. The predicted molar refractivity (Wildman–Crippen MR) is 65.6 cm³/mol. The number of amides is 1. The third-order valence-corrected chi connectivity index (χ3v) is 3.19. The van der Waals surface area contributed by atoms with Gasteiger partial charge in [-0.15, -0.1) is 0 Å². The first kappa shape index (κ1) is 11.8. The maximum atomic E-state index is 11.8. The van der Waals surface area contributed by atoms with Crippen molar-refractivity contribution in [1.82, 2.24) is 20.1 Å². The minimum absolute atomic E-state index is 0.00102. The van der Waals surface area contributed by atoms with Crippen molar-refractivity contribution in [1.29, 1.82) is 0 Å². The number of hydrogen-bond donors (Lipinski definition) is 1. The van der Waals surface area contributed by atoms with Crippen LogP contribution in [0.2, 0.25) is 0 Å². The average molecular weight is 250 g/mol. The summed E-state index contributed by atoms with van der Waals surface area (Å²) in [5.74, 6) is 0.752. The van der Waals surface area contributed by atoms with Crippen LogP contribution in [0.4, 0.5) is 0 Å². The third-order valence-electron chi connectivity index (χ3n) is 2.46. The lowest BCUT2D eigenvalue weighted by molar-refractivity contribution is -0.121. The summed E-state index contributed by atoms with van der Waals surface area (Å²) in [5.41, 5.74) is 1.04. The van der Waals surface area contributed by atoms with Crippen LogP contribution in [0.1, 0.15) is 24.4 Å². The first-order valence-electron chi connectivity index (χ1n) is 5.31. The van der Waals surface area contributed by atoms with Gasteiger partial charge in [-0.2, -0.15) is 16.4 Å². The largest absolute Gasteiger partial charge is 0.346 e. The molecular formula is C11H14N4OS. The van der Waals surface area contributed by atoms with Crippen LogP contribution in [0.3, 0.4) is 0 Å². The van der Waals surface area contributed by atoms with Gasteiger partial charge in [0.25, 0.3) is 0 Å². The molecule has 0 spiro atoms. The Labute approximate surface area is 103 Å². The maximum absolute atomic E-state index is 11.8. The van der Waals surface area contributed by atoms with Gasteiger partial charge in [-0.25, -0.2) is 4.98 Å². The fourth-order valence-corrected chi connectivity index (χ4v) is 2.30. The minimum Gasteiger partial charge on any atom is -0.346 e. The van der Waals surface area contributed by atoms with Crippen LogP contribution in [-0.2, 0) is 18.3 Å². The fourth-order valence-electron chi connectivity index (χ4n) is 1.63. The Kier molecular flexibility index (Phi) is 3.53. The third kappa shape index (κ3) is 2.91. The zero-order valence-electron chi connectivity index (χ0n) is 9.75. The molecule has 2 aromatic rings. The van der Waals surface area contributed by atoms with Crippen LogP contribution in [-0.4, -0.2) is 20.7 Å². The molecule has 2 heterocycles. The molecular weight excluding hydrogens is 236 g/mol. The summed E-state index contributed by atoms with van der Waals surface area (Å²) >= 11 is 1.59. The molecule has 1 atom stereocenters. The molecule has 0 radical (unpaired) electrons. The minimum atomic E-state index is -0.131. The second kappa shape index (κ2) is 5.09. The molecule has 1 N–H and O–H groups in total. The molecule has 90 valence electrons. The summed E-state index contributed by atoms with van der Waals surface area (Å²) in [6, 6.07) is 1.82. The molecule has 1 amide bonds. The highest BCUT2D eigenvalue weighted by atomic mass is 32.1. The van der Waals surface area contributed by atoms with E-state index in [1.54, 1.807) is 16.0 Å². The van der Waals surface area contributed by atoms with E-state index >= 15 is 0 Å². The van der Waals surface area contributed by atoms with Gasteiger partial charge in [0.05, 0.1) is 12.5 Å². The summed E-state index contributed by atoms with van der Waals surface area (Å²) in [6.45, 7) is 1.90. The molecule has 0 saturated carbocycles. The smallest absolute Gasteiger partial charge is 0.225 e. The molecule has 0 fully saturated rings. The molecule has 0 aliphatic heterocycles. The van der Waals surface area contributed by atoms with Gasteiger partial charge in [-0.1, -0.05) is 0 Å². The Morgan fingerprint density at radius 3 is 3.06 bits per heavy atom. The average Bonchev–Trinajstić information content (AvgIpc) is 2.88. The second-order valence-electron chi connectivity index (χ2n) is 3.84. The summed E-state index contributed by atoms with van der Waals surface area (Å²) in [4.78, 5) is 15.9. The van der Waals surface area contributed by atoms with Crippen molar-refractivity contribution < 1.29 is 4.79 Å². The van der Waals surface area contributed by atoms with Gasteiger partial charge in [-0.05, 0) is 29.3 Å². The van der Waals surface area contributed by atoms with Crippen molar-refractivity contribution >= 4 is 17.2 Å². The van der Waals surface area contributed by atoms with Gasteiger partial charge in [0.1, 0.15) is 12.2 Å². The standard InChI is InChI=1S/C11H14N4OS/c1-8(11-12-7-13-15(11)2)14-10(16)5-9-3-4-17-6-9/h3-4,6-8H,5H2,1-2H3,(H,14,16)/t8-/m1/s1. The van der Waals surface area contributed by atoms with Crippen molar-refractivity contribution in [3.05, 3.63) is 34.5 Å². The van der Waals surface area contributed by atoms with Crippen LogP contribution in [0.15, 0.2) is 23.2 Å². The molecule has 5 nitrogen and oxygen atoms in total. The Hall–Kier alpha value is -1.69. The Balaban J connectivity index is 1.93. The van der Waals surface area contributed by atoms with Crippen molar-refractivity contribution in [2.75, 3.05) is 0 Å². The normalized spacial score (nSPS) is 12.4. The van der Waals surface area contributed by atoms with Gasteiger partial charge < -0.3 is 5.32 Å². The molecule has 0 bridgehead atoms. The van der Waals surface area contributed by atoms with Crippen molar-refractivity contribution in [3.8, 4) is 0 Å². The van der Waals surface area contributed by atoms with Crippen LogP contribution in [0.25, 0.3) is 0 Å². The zero-order chi connectivity index (χ0) is 12.3. The lowest BCUT2D eigenvalue weighted by Gasteiger charge is -2.12. The second-order valence-corrected chi connectivity index (χ2v) is 4.62. The summed E-state index contributed by atoms with van der Waals surface area (Å²) in [6.07, 6.45) is 1.89. The molecule has 2 aromatic heterocycles. The number of rotatable bonds is 4. The predicted octanol–water partition coefficient (Wildman–Crippen LogP) is 1.30. The van der Waals surface area contributed by atoms with Gasteiger partial charge in [0.2, 0.25) is 5.91 Å². The van der Waals surface area contributed by atoms with Crippen molar-refractivity contribution in [2.45, 2.75) is 19.4 Å². The maximum Gasteiger partial charge on any atom is 0.225 e. The van der Waals surface area contributed by atoms with Crippen LogP contribution >= 0.6 is 11.3 Å². The number of hydrogen-bond acceptors (Lipinski definition) is 4. The van der Waals surface area contributed by atoms with E-state index in [0.717, 1.165) is 11.4 Å². The van der Waals surface area contributed by atoms with Crippen LogP contribution < -0.4 is 5.32 Å². The molecule has 0 saturated heterocycles. The summed E-state index contributed by atoms with van der Waals surface area (Å²) in [7, 11) is 1.81. The lowest BCUT2D eigenvalue weighted by atomic mass is 10.2. The molecule has 0 aliphatic rings. The molecule has 17 heavy (non-hydrogen) atoms. The van der Waals surface area contributed by atoms with E-state index in [2.05, 4.69) is 15.4 Å². The number of nitrogens with zero attached hydrogens (tertiary/aromatic N) is 3. The fraction of sp³-hybridized carbons (Fsp3) is 0.364. The summed E-state index contributed by atoms with van der Waals surface area (Å²) < 4.78 is 1.66. The number of carbonyl (C=O) groups excluding carboxylic acids is 1. The number of aromatic nitrogens is 3. The Morgan fingerprint density at radius 2 is 2.47 bits per heavy atom. The van der Waals surface area contributed by atoms with E-state index in [4.69, 9.17) is 0 Å². The highest BCUT2D eigenvalue weighted by Gasteiger charge is 2.14. The number of nitrogens with one attached hydrogen (secondary N) is 1. The highest BCUT2D eigenvalue weighted by molar-refractivity contribution is 7.07. The molecule has 6 heteroatoms. The van der Waals surface area contributed by atoms with Crippen LogP contribution in [0, 0.1) is 0 Å². The van der Waals surface area contributed by atoms with E-state index in [0.29, 0.717) is 6.42 Å².